The van der Waals surface area contributed by atoms with Gasteiger partial charge in [-0.05, 0) is 36.6 Å². The zero-order valence-electron chi connectivity index (χ0n) is 18.7. The number of amidine groups is 2. The SMILES string of the molecule is CC(SC1=Nc2ccccc2C2=NC(=O)C(c3ccccc3)N12)C(=O)NCCc1ccccc1. The monoisotopic (exact) mass is 468 g/mol. The Labute approximate surface area is 202 Å². The minimum Gasteiger partial charge on any atom is -0.355 e. The van der Waals surface area contributed by atoms with Crippen LogP contribution >= 0.6 is 11.8 Å². The first-order chi connectivity index (χ1) is 16.6. The number of amides is 2. The zero-order valence-corrected chi connectivity index (χ0v) is 19.5. The van der Waals surface area contributed by atoms with Gasteiger partial charge in [-0.25, -0.2) is 4.99 Å². The molecule has 0 fully saturated rings. The van der Waals surface area contributed by atoms with Crippen LogP contribution < -0.4 is 5.32 Å². The number of fused-ring (bicyclic) bond motifs is 3. The maximum atomic E-state index is 13.0. The minimum absolute atomic E-state index is 0.0669. The van der Waals surface area contributed by atoms with Crippen molar-refractivity contribution in [3.8, 4) is 0 Å². The molecule has 3 aromatic rings. The van der Waals surface area contributed by atoms with Crippen LogP contribution in [-0.4, -0.2) is 39.5 Å². The number of carbonyl (C=O) groups is 2. The number of carbonyl (C=O) groups excluding carboxylic acids is 2. The third-order valence-corrected chi connectivity index (χ3v) is 6.89. The highest BCUT2D eigenvalue weighted by Crippen LogP contribution is 2.40. The lowest BCUT2D eigenvalue weighted by Crippen LogP contribution is -2.41. The summed E-state index contributed by atoms with van der Waals surface area (Å²) >= 11 is 1.35. The highest BCUT2D eigenvalue weighted by atomic mass is 32.2. The van der Waals surface area contributed by atoms with Crippen molar-refractivity contribution in [1.82, 2.24) is 10.2 Å². The van der Waals surface area contributed by atoms with Gasteiger partial charge in [-0.1, -0.05) is 84.6 Å². The van der Waals surface area contributed by atoms with Crippen molar-refractivity contribution >= 4 is 40.3 Å². The molecule has 2 aliphatic rings. The highest BCUT2D eigenvalue weighted by Gasteiger charge is 2.43. The van der Waals surface area contributed by atoms with Crippen LogP contribution in [0.15, 0.2) is 94.9 Å². The Morgan fingerprint density at radius 1 is 0.971 bits per heavy atom. The normalized spacial score (nSPS) is 17.4. The molecule has 0 radical (unpaired) electrons. The number of nitrogens with zero attached hydrogens (tertiary/aromatic N) is 3. The van der Waals surface area contributed by atoms with E-state index >= 15 is 0 Å². The van der Waals surface area contributed by atoms with Crippen molar-refractivity contribution in [1.29, 1.82) is 0 Å². The number of nitrogens with one attached hydrogen (secondary N) is 1. The molecule has 0 aromatic heterocycles. The summed E-state index contributed by atoms with van der Waals surface area (Å²) < 4.78 is 0. The average Bonchev–Trinajstić information content (AvgIpc) is 3.22. The lowest BCUT2D eigenvalue weighted by molar-refractivity contribution is -0.120. The van der Waals surface area contributed by atoms with Gasteiger partial charge in [0, 0.05) is 12.1 Å². The van der Waals surface area contributed by atoms with Crippen LogP contribution in [0.1, 0.15) is 29.7 Å². The van der Waals surface area contributed by atoms with Crippen molar-refractivity contribution < 1.29 is 9.59 Å². The highest BCUT2D eigenvalue weighted by molar-refractivity contribution is 8.14. The molecule has 34 heavy (non-hydrogen) atoms. The molecule has 0 aliphatic carbocycles. The van der Waals surface area contributed by atoms with Crippen LogP contribution in [0.5, 0.6) is 0 Å². The molecule has 170 valence electrons. The van der Waals surface area contributed by atoms with E-state index in [0.29, 0.717) is 17.5 Å². The second-order valence-electron chi connectivity index (χ2n) is 8.16. The number of para-hydroxylation sites is 1. The second kappa shape index (κ2) is 9.65. The molecule has 0 bridgehead atoms. The molecular formula is C27H24N4O2S. The number of rotatable bonds is 6. The fourth-order valence-corrected chi connectivity index (χ4v) is 5.06. The van der Waals surface area contributed by atoms with E-state index in [4.69, 9.17) is 4.99 Å². The van der Waals surface area contributed by atoms with E-state index < -0.39 is 11.3 Å². The fourth-order valence-electron chi connectivity index (χ4n) is 4.10. The van der Waals surface area contributed by atoms with Gasteiger partial charge >= 0.3 is 0 Å². The second-order valence-corrected chi connectivity index (χ2v) is 9.46. The first-order valence-electron chi connectivity index (χ1n) is 11.2. The van der Waals surface area contributed by atoms with Crippen LogP contribution in [0.2, 0.25) is 0 Å². The van der Waals surface area contributed by atoms with Gasteiger partial charge in [0.05, 0.1) is 10.9 Å². The van der Waals surface area contributed by atoms with Gasteiger partial charge in [-0.15, -0.1) is 0 Å². The predicted molar refractivity (Wildman–Crippen MR) is 136 cm³/mol. The molecule has 0 saturated carbocycles. The lowest BCUT2D eigenvalue weighted by atomic mass is 10.0. The van der Waals surface area contributed by atoms with Crippen LogP contribution in [0.3, 0.4) is 0 Å². The molecule has 0 spiro atoms. The van der Waals surface area contributed by atoms with Gasteiger partial charge in [0.25, 0.3) is 5.91 Å². The smallest absolute Gasteiger partial charge is 0.275 e. The van der Waals surface area contributed by atoms with E-state index in [1.165, 1.54) is 17.3 Å². The van der Waals surface area contributed by atoms with Crippen molar-refractivity contribution in [3.63, 3.8) is 0 Å². The summed E-state index contributed by atoms with van der Waals surface area (Å²) in [6, 6.07) is 26.7. The van der Waals surface area contributed by atoms with Crippen LogP contribution in [0, 0.1) is 0 Å². The maximum absolute atomic E-state index is 13.0. The Hall–Kier alpha value is -3.71. The van der Waals surface area contributed by atoms with Crippen molar-refractivity contribution in [2.75, 3.05) is 6.54 Å². The summed E-state index contributed by atoms with van der Waals surface area (Å²) in [5.41, 5.74) is 3.59. The van der Waals surface area contributed by atoms with E-state index in [0.717, 1.165) is 23.2 Å². The van der Waals surface area contributed by atoms with Gasteiger partial charge in [-0.2, -0.15) is 4.99 Å². The van der Waals surface area contributed by atoms with Gasteiger partial charge in [0.15, 0.2) is 5.17 Å². The van der Waals surface area contributed by atoms with E-state index in [1.807, 2.05) is 96.8 Å². The molecule has 5 rings (SSSR count). The van der Waals surface area contributed by atoms with Crippen LogP contribution in [0.4, 0.5) is 5.69 Å². The van der Waals surface area contributed by atoms with E-state index in [9.17, 15) is 9.59 Å². The number of benzene rings is 3. The molecular weight excluding hydrogens is 444 g/mol. The summed E-state index contributed by atoms with van der Waals surface area (Å²) in [5, 5.41) is 3.23. The molecule has 0 saturated heterocycles. The Morgan fingerprint density at radius 2 is 1.65 bits per heavy atom. The van der Waals surface area contributed by atoms with Crippen molar-refractivity contribution in [2.45, 2.75) is 24.6 Å². The quantitative estimate of drug-likeness (QED) is 0.578. The fraction of sp³-hybridized carbons (Fsp3) is 0.185. The molecule has 3 aromatic carbocycles. The van der Waals surface area contributed by atoms with E-state index in [1.54, 1.807) is 0 Å². The van der Waals surface area contributed by atoms with Gasteiger partial charge < -0.3 is 5.32 Å². The minimum atomic E-state index is -0.593. The first kappa shape index (κ1) is 22.1. The van der Waals surface area contributed by atoms with Gasteiger partial charge in [0.2, 0.25) is 5.91 Å². The summed E-state index contributed by atoms with van der Waals surface area (Å²) in [6.07, 6.45) is 0.770. The third-order valence-electron chi connectivity index (χ3n) is 5.83. The summed E-state index contributed by atoms with van der Waals surface area (Å²) in [6.45, 7) is 2.42. The van der Waals surface area contributed by atoms with E-state index in [-0.39, 0.29) is 11.8 Å². The first-order valence-corrected chi connectivity index (χ1v) is 12.1. The molecule has 1 N–H and O–H groups in total. The summed E-state index contributed by atoms with van der Waals surface area (Å²) in [7, 11) is 0. The van der Waals surface area contributed by atoms with Crippen molar-refractivity contribution in [2.24, 2.45) is 9.98 Å². The largest absolute Gasteiger partial charge is 0.355 e. The zero-order chi connectivity index (χ0) is 23.5. The molecule has 2 aliphatic heterocycles. The average molecular weight is 469 g/mol. The van der Waals surface area contributed by atoms with Gasteiger partial charge in [0.1, 0.15) is 11.9 Å². The Morgan fingerprint density at radius 3 is 2.41 bits per heavy atom. The Kier molecular flexibility index (Phi) is 6.27. The van der Waals surface area contributed by atoms with E-state index in [2.05, 4.69) is 10.3 Å². The molecule has 2 heterocycles. The summed E-state index contributed by atoms with van der Waals surface area (Å²) in [5.74, 6) is 0.289. The van der Waals surface area contributed by atoms with Crippen molar-refractivity contribution in [3.05, 3.63) is 102 Å². The number of thioether (sulfide) groups is 1. The van der Waals surface area contributed by atoms with Crippen LogP contribution in [0.25, 0.3) is 0 Å². The number of hydrogen-bond acceptors (Lipinski definition) is 5. The Balaban J connectivity index is 1.37. The maximum Gasteiger partial charge on any atom is 0.275 e. The Bertz CT molecular complexity index is 1270. The molecule has 2 amide bonds. The standard InChI is InChI=1S/C27H24N4O2S/c1-18(25(32)28-17-16-19-10-4-2-5-11-19)34-27-29-22-15-9-8-14-21(22)24-30-26(33)23(31(24)27)20-12-6-3-7-13-20/h2-15,18,23H,16-17H2,1H3,(H,28,32). The lowest BCUT2D eigenvalue weighted by Gasteiger charge is -2.32. The van der Waals surface area contributed by atoms with Gasteiger partial charge in [-0.3, -0.25) is 14.5 Å². The summed E-state index contributed by atoms with van der Waals surface area (Å²) in [4.78, 5) is 37.0. The number of hydrogen-bond donors (Lipinski definition) is 1. The molecule has 6 nitrogen and oxygen atoms in total. The molecule has 2 unspecified atom stereocenters. The predicted octanol–water partition coefficient (Wildman–Crippen LogP) is 4.50. The topological polar surface area (TPSA) is 74.1 Å². The third kappa shape index (κ3) is 4.39. The molecule has 7 heteroatoms. The number of aliphatic imine (C=N–C) groups is 2. The molecule has 2 atom stereocenters. The van der Waals surface area contributed by atoms with Crippen LogP contribution in [-0.2, 0) is 16.0 Å².